The first-order valence-corrected chi connectivity index (χ1v) is 37.7. The van der Waals surface area contributed by atoms with Gasteiger partial charge in [-0.3, -0.25) is 57.5 Å². The van der Waals surface area contributed by atoms with Crippen LogP contribution in [0.4, 0.5) is 0 Å². The Morgan fingerprint density at radius 1 is 0.350 bits per heavy atom. The molecule has 6 fully saturated rings. The first kappa shape index (κ1) is 80.6. The molecule has 0 bridgehead atoms. The minimum absolute atomic E-state index is 0.0126. The maximum Gasteiger partial charge on any atom is 0.226 e. The first-order valence-electron chi connectivity index (χ1n) is 37.7. The second kappa shape index (κ2) is 39.7. The van der Waals surface area contributed by atoms with Crippen molar-refractivity contribution in [3.63, 3.8) is 0 Å². The molecule has 0 unspecified atom stereocenters. The molecule has 28 nitrogen and oxygen atoms in total. The topological polar surface area (TPSA) is 411 Å². The van der Waals surface area contributed by atoms with Crippen molar-refractivity contribution in [2.24, 2.45) is 59.0 Å². The second-order valence-electron chi connectivity index (χ2n) is 31.0. The molecule has 17 atom stereocenters. The minimum atomic E-state index is -0.692. The van der Waals surface area contributed by atoms with Crippen LogP contribution in [0.1, 0.15) is 149 Å². The molecule has 4 aliphatic heterocycles. The van der Waals surface area contributed by atoms with E-state index in [0.29, 0.717) is 90.5 Å². The molecule has 2 saturated carbocycles. The van der Waals surface area contributed by atoms with Crippen LogP contribution in [0, 0.1) is 53.3 Å². The zero-order valence-electron chi connectivity index (χ0n) is 61.3. The van der Waals surface area contributed by atoms with E-state index in [1.165, 1.54) is 6.92 Å². The van der Waals surface area contributed by atoms with Crippen molar-refractivity contribution < 1.29 is 57.5 Å². The lowest BCUT2D eigenvalue weighted by Gasteiger charge is -2.28. The summed E-state index contributed by atoms with van der Waals surface area (Å²) >= 11 is 0. The van der Waals surface area contributed by atoms with Gasteiger partial charge < -0.3 is 85.5 Å². The van der Waals surface area contributed by atoms with Gasteiger partial charge in [-0.2, -0.15) is 0 Å². The highest BCUT2D eigenvalue weighted by molar-refractivity contribution is 5.88. The van der Waals surface area contributed by atoms with Gasteiger partial charge in [0.25, 0.3) is 0 Å². The predicted octanol–water partition coefficient (Wildman–Crippen LogP) is -0.124. The molecule has 2 aromatic carbocycles. The fourth-order valence-electron chi connectivity index (χ4n) is 16.0. The molecule has 4 heterocycles. The number of benzene rings is 2. The van der Waals surface area contributed by atoms with Crippen molar-refractivity contribution >= 4 is 70.9 Å². The van der Waals surface area contributed by atoms with Crippen LogP contribution >= 0.6 is 0 Å². The van der Waals surface area contributed by atoms with Crippen LogP contribution < -0.4 is 85.5 Å². The SMILES string of the molecule is CC(=O)N[C@H]1CCC[C@@H]1C(=O)N[C@H](CC(=O)N[C@H]1CNC[C@@H]1C(=O)N[C@H](CC(=O)N[C@H](CC(=O)N[C@H]1CNC[C@@H]1C(=O)N[C@H](CC(=O)N[C@H]1CNC[C@@H]1C(=O)N[C@H](CC(=O)N[C@H]1CCC[C@@H]1C(=O)N[C@H]1CNC[C@@H]1C(N)=O)CC(C)C)CC(C)C)CC(C)C)Cc1ccccc1)Cc1ccccc1. The number of nitrogens with two attached hydrogens (primary N) is 1. The number of primary amides is 1. The van der Waals surface area contributed by atoms with Gasteiger partial charge in [-0.1, -0.05) is 115 Å². The van der Waals surface area contributed by atoms with Crippen molar-refractivity contribution in [2.45, 2.75) is 218 Å². The standard InChI is InChI=1S/C75H116N16O12/c1-42(2)24-48(82-65(93)32-51(27-46-16-10-8-11-17-46)86-75(103)58-37-80-41-64(58)90-69(97)33-52(28-47-18-12-9-13-19-47)85-71(99)53-20-14-22-59(53)81-45(7)92)29-67(95)88-62-39-78-35-56(62)74(102)84-50(26-44(5)6)31-68(96)89-63-40-79-36-57(63)73(101)83-49(25-43(3)4)30-66(94)87-60-23-15-21-54(60)72(100)91-61-38-77-34-55(61)70(76)98/h8-13,16-19,42-44,48-64,77-80H,14-15,20-41H2,1-7H3,(H2,76,98)(H,81,92)(H,82,93)(H,83,101)(H,84,102)(H,85,99)(H,86,103)(H,87,94)(H,88,95)(H,89,96)(H,90,97)(H,91,100)/t48-,49-,50-,51-,52-,53-,54-,55-,56-,57-,58-,59-,60-,61-,62-,63-,64-/m0/s1. The van der Waals surface area contributed by atoms with E-state index >= 15 is 0 Å². The van der Waals surface area contributed by atoms with Crippen LogP contribution in [-0.4, -0.2) is 190 Å². The third-order valence-corrected chi connectivity index (χ3v) is 20.9. The molecule has 4 saturated heterocycles. The van der Waals surface area contributed by atoms with Crippen LogP contribution in [0.2, 0.25) is 0 Å². The predicted molar refractivity (Wildman–Crippen MR) is 388 cm³/mol. The van der Waals surface area contributed by atoms with Gasteiger partial charge in [0.15, 0.2) is 0 Å². The Bertz CT molecular complexity index is 3220. The van der Waals surface area contributed by atoms with E-state index in [0.717, 1.165) is 24.0 Å². The third kappa shape index (κ3) is 25.6. The highest BCUT2D eigenvalue weighted by atomic mass is 16.2. The summed E-state index contributed by atoms with van der Waals surface area (Å²) in [4.78, 5) is 164. The molecule has 568 valence electrons. The molecule has 17 N–H and O–H groups in total. The fourth-order valence-corrected chi connectivity index (χ4v) is 16.0. The highest BCUT2D eigenvalue weighted by Crippen LogP contribution is 2.29. The number of carbonyl (C=O) groups is 12. The van der Waals surface area contributed by atoms with Crippen LogP contribution in [0.15, 0.2) is 60.7 Å². The number of nitrogens with one attached hydrogen (secondary N) is 15. The summed E-state index contributed by atoms with van der Waals surface area (Å²) in [7, 11) is 0. The average Bonchev–Trinajstić information content (AvgIpc) is 1.06. The second-order valence-corrected chi connectivity index (χ2v) is 31.0. The normalized spacial score (nSPS) is 25.9. The summed E-state index contributed by atoms with van der Waals surface area (Å²) in [6.07, 6.45) is 5.83. The van der Waals surface area contributed by atoms with Gasteiger partial charge in [0.05, 0.1) is 59.7 Å². The fraction of sp³-hybridized carbons (Fsp3) is 0.680. The number of amides is 12. The lowest BCUT2D eigenvalue weighted by Crippen LogP contribution is -2.52. The summed E-state index contributed by atoms with van der Waals surface area (Å²) in [5.41, 5.74) is 7.39. The Balaban J connectivity index is 0.814. The van der Waals surface area contributed by atoms with Crippen LogP contribution in [0.5, 0.6) is 0 Å². The Hall–Kier alpha value is -8.08. The molecule has 12 amide bonds. The zero-order chi connectivity index (χ0) is 74.3. The van der Waals surface area contributed by atoms with E-state index in [1.54, 1.807) is 0 Å². The van der Waals surface area contributed by atoms with Gasteiger partial charge in [0, 0.05) is 134 Å². The molecule has 8 rings (SSSR count). The van der Waals surface area contributed by atoms with Crippen LogP contribution in [-0.2, 0) is 70.4 Å². The van der Waals surface area contributed by atoms with Gasteiger partial charge in [-0.15, -0.1) is 0 Å². The van der Waals surface area contributed by atoms with Crippen LogP contribution in [0.3, 0.4) is 0 Å². The molecule has 103 heavy (non-hydrogen) atoms. The molecular formula is C75H116N16O12. The van der Waals surface area contributed by atoms with Crippen molar-refractivity contribution in [3.8, 4) is 0 Å². The summed E-state index contributed by atoms with van der Waals surface area (Å²) < 4.78 is 0. The average molecular weight is 1430 g/mol. The third-order valence-electron chi connectivity index (χ3n) is 20.9. The Morgan fingerprint density at radius 3 is 1.04 bits per heavy atom. The van der Waals surface area contributed by atoms with Crippen molar-refractivity contribution in [1.29, 1.82) is 0 Å². The number of carbonyl (C=O) groups excluding carboxylic acids is 12. The monoisotopic (exact) mass is 1430 g/mol. The lowest BCUT2D eigenvalue weighted by molar-refractivity contribution is -0.130. The smallest absolute Gasteiger partial charge is 0.226 e. The minimum Gasteiger partial charge on any atom is -0.369 e. The summed E-state index contributed by atoms with van der Waals surface area (Å²) in [6, 6.07) is 13.2. The molecule has 28 heteroatoms. The van der Waals surface area contributed by atoms with E-state index in [-0.39, 0.29) is 141 Å². The molecule has 0 aromatic heterocycles. The maximum absolute atomic E-state index is 14.4. The molecular weight excluding hydrogens is 1320 g/mol. The summed E-state index contributed by atoms with van der Waals surface area (Å²) in [5, 5.41) is 46.5. The van der Waals surface area contributed by atoms with Crippen LogP contribution in [0.25, 0.3) is 0 Å². The Labute approximate surface area is 606 Å². The maximum atomic E-state index is 14.4. The molecule has 2 aromatic rings. The van der Waals surface area contributed by atoms with E-state index in [2.05, 4.69) is 79.8 Å². The van der Waals surface area contributed by atoms with Crippen molar-refractivity contribution in [1.82, 2.24) is 79.8 Å². The van der Waals surface area contributed by atoms with Gasteiger partial charge in [0.1, 0.15) is 0 Å². The Kier molecular flexibility index (Phi) is 31.1. The molecule has 6 aliphatic rings. The Morgan fingerprint density at radius 2 is 0.660 bits per heavy atom. The molecule has 0 spiro atoms. The summed E-state index contributed by atoms with van der Waals surface area (Å²) in [5.74, 6) is -7.06. The van der Waals surface area contributed by atoms with E-state index in [9.17, 15) is 57.5 Å². The zero-order valence-corrected chi connectivity index (χ0v) is 61.3. The number of rotatable bonds is 37. The van der Waals surface area contributed by atoms with Crippen molar-refractivity contribution in [2.75, 3.05) is 52.4 Å². The van der Waals surface area contributed by atoms with E-state index in [4.69, 9.17) is 5.73 Å². The number of hydrogen-bond donors (Lipinski definition) is 16. The largest absolute Gasteiger partial charge is 0.369 e. The van der Waals surface area contributed by atoms with Gasteiger partial charge >= 0.3 is 0 Å². The summed E-state index contributed by atoms with van der Waals surface area (Å²) in [6.45, 7) is 16.0. The van der Waals surface area contributed by atoms with E-state index < -0.39 is 102 Å². The number of hydrogen-bond acceptors (Lipinski definition) is 16. The van der Waals surface area contributed by atoms with Gasteiger partial charge in [0.2, 0.25) is 70.9 Å². The first-order chi connectivity index (χ1) is 49.2. The van der Waals surface area contributed by atoms with Gasteiger partial charge in [-0.05, 0) is 86.7 Å². The highest BCUT2D eigenvalue weighted by Gasteiger charge is 2.43. The molecule has 0 radical (unpaired) electrons. The van der Waals surface area contributed by atoms with Gasteiger partial charge in [-0.25, -0.2) is 0 Å². The quantitative estimate of drug-likeness (QED) is 0.0419. The molecule has 2 aliphatic carbocycles. The van der Waals surface area contributed by atoms with Crippen molar-refractivity contribution in [3.05, 3.63) is 71.8 Å². The lowest BCUT2D eigenvalue weighted by atomic mass is 9.96. The van der Waals surface area contributed by atoms with E-state index in [1.807, 2.05) is 102 Å².